The van der Waals surface area contributed by atoms with Crippen LogP contribution < -0.4 is 0 Å². The Bertz CT molecular complexity index is 394. The third kappa shape index (κ3) is 3.59. The normalized spacial score (nSPS) is 11.8. The average molecular weight is 214 g/mol. The summed E-state index contributed by atoms with van der Waals surface area (Å²) in [6.45, 7) is 0. The highest BCUT2D eigenvalue weighted by molar-refractivity contribution is 7.86. The van der Waals surface area contributed by atoms with E-state index in [-0.39, 0.29) is 0 Å². The molecule has 0 unspecified atom stereocenters. The highest BCUT2D eigenvalue weighted by Crippen LogP contribution is 2.02. The van der Waals surface area contributed by atoms with Crippen LogP contribution in [0.25, 0.3) is 6.08 Å². The number of rotatable bonds is 4. The summed E-state index contributed by atoms with van der Waals surface area (Å²) < 4.78 is 25.7. The molecule has 0 aliphatic carbocycles. The lowest BCUT2D eigenvalue weighted by Gasteiger charge is -1.97. The molecule has 1 rings (SSSR count). The number of hydrogen-bond acceptors (Lipinski definition) is 4. The van der Waals surface area contributed by atoms with Crippen LogP contribution in [0.3, 0.4) is 0 Å². The Kier molecular flexibility index (Phi) is 3.67. The van der Waals surface area contributed by atoms with E-state index in [2.05, 4.69) is 4.18 Å². The first-order valence-electron chi connectivity index (χ1n) is 3.87. The van der Waals surface area contributed by atoms with Gasteiger partial charge >= 0.3 is 10.1 Å². The van der Waals surface area contributed by atoms with E-state index in [4.69, 9.17) is 5.11 Å². The minimum Gasteiger partial charge on any atom is -0.389 e. The fraction of sp³-hybridized carbons (Fsp3) is 0.111. The van der Waals surface area contributed by atoms with Crippen LogP contribution in [0, 0.1) is 0 Å². The zero-order chi connectivity index (χ0) is 10.4. The van der Waals surface area contributed by atoms with E-state index < -0.39 is 16.1 Å². The van der Waals surface area contributed by atoms with Gasteiger partial charge in [-0.2, -0.15) is 8.42 Å². The molecule has 0 amide bonds. The van der Waals surface area contributed by atoms with E-state index in [1.54, 1.807) is 12.1 Å². The van der Waals surface area contributed by atoms with Crippen LogP contribution in [0.5, 0.6) is 0 Å². The molecular weight excluding hydrogens is 204 g/mol. The summed E-state index contributed by atoms with van der Waals surface area (Å²) in [4.78, 5) is 0. The lowest BCUT2D eigenvalue weighted by Crippen LogP contribution is -2.05. The van der Waals surface area contributed by atoms with E-state index in [1.807, 2.05) is 18.2 Å². The largest absolute Gasteiger partial charge is 0.389 e. The topological polar surface area (TPSA) is 63.6 Å². The molecule has 0 spiro atoms. The SMILES string of the molecule is O=S(=O)(CO)OC=Cc1ccccc1. The fourth-order valence-electron chi connectivity index (χ4n) is 0.786. The summed E-state index contributed by atoms with van der Waals surface area (Å²) >= 11 is 0. The third-order valence-electron chi connectivity index (χ3n) is 1.42. The molecule has 0 atom stereocenters. The van der Waals surface area contributed by atoms with Crippen molar-refractivity contribution in [3.8, 4) is 0 Å². The van der Waals surface area contributed by atoms with Crippen LogP contribution in [0.15, 0.2) is 36.6 Å². The number of hydrogen-bond donors (Lipinski definition) is 1. The Morgan fingerprint density at radius 2 is 1.93 bits per heavy atom. The Balaban J connectivity index is 2.59. The van der Waals surface area contributed by atoms with Gasteiger partial charge < -0.3 is 9.29 Å². The smallest absolute Gasteiger partial charge is 0.332 e. The maximum atomic E-state index is 10.7. The van der Waals surface area contributed by atoms with Gasteiger partial charge in [0.15, 0.2) is 5.94 Å². The van der Waals surface area contributed by atoms with Crippen molar-refractivity contribution in [3.63, 3.8) is 0 Å². The molecule has 0 aromatic heterocycles. The van der Waals surface area contributed by atoms with Crippen molar-refractivity contribution in [2.24, 2.45) is 0 Å². The standard InChI is InChI=1S/C9H10O4S/c10-8-14(11,12)13-7-6-9-4-2-1-3-5-9/h1-7,10H,8H2. The molecule has 4 nitrogen and oxygen atoms in total. The highest BCUT2D eigenvalue weighted by atomic mass is 32.2. The quantitative estimate of drug-likeness (QED) is 0.598. The van der Waals surface area contributed by atoms with Gasteiger partial charge in [-0.05, 0) is 11.6 Å². The van der Waals surface area contributed by atoms with Crippen LogP contribution >= 0.6 is 0 Å². The minimum absolute atomic E-state index is 0.820. The minimum atomic E-state index is -3.82. The monoisotopic (exact) mass is 214 g/mol. The Hall–Kier alpha value is -1.33. The molecule has 1 N–H and O–H groups in total. The predicted molar refractivity (Wildman–Crippen MR) is 52.6 cm³/mol. The first kappa shape index (κ1) is 10.7. The van der Waals surface area contributed by atoms with Crippen molar-refractivity contribution in [2.75, 3.05) is 5.94 Å². The number of benzene rings is 1. The first-order chi connectivity index (χ1) is 6.64. The molecule has 0 aliphatic heterocycles. The summed E-state index contributed by atoms with van der Waals surface area (Å²) in [6.07, 6.45) is 2.52. The summed E-state index contributed by atoms with van der Waals surface area (Å²) in [5, 5.41) is 8.34. The molecule has 0 saturated carbocycles. The van der Waals surface area contributed by atoms with Gasteiger partial charge in [0, 0.05) is 0 Å². The van der Waals surface area contributed by atoms with E-state index in [0.29, 0.717) is 0 Å². The van der Waals surface area contributed by atoms with Gasteiger partial charge in [-0.1, -0.05) is 30.3 Å². The number of aliphatic hydroxyl groups excluding tert-OH is 1. The molecule has 0 bridgehead atoms. The molecule has 1 aromatic rings. The molecule has 0 radical (unpaired) electrons. The van der Waals surface area contributed by atoms with Crippen molar-refractivity contribution in [3.05, 3.63) is 42.2 Å². The van der Waals surface area contributed by atoms with E-state index in [9.17, 15) is 8.42 Å². The van der Waals surface area contributed by atoms with Gasteiger partial charge in [0.05, 0.1) is 0 Å². The maximum Gasteiger partial charge on any atom is 0.332 e. The summed E-state index contributed by atoms with van der Waals surface area (Å²) in [5.41, 5.74) is 0.820. The van der Waals surface area contributed by atoms with Gasteiger partial charge in [0.2, 0.25) is 0 Å². The third-order valence-corrected chi connectivity index (χ3v) is 2.14. The fourth-order valence-corrected chi connectivity index (χ4v) is 1.07. The zero-order valence-corrected chi connectivity index (χ0v) is 8.15. The van der Waals surface area contributed by atoms with Gasteiger partial charge in [0.25, 0.3) is 0 Å². The average Bonchev–Trinajstić information content (AvgIpc) is 2.19. The molecule has 0 heterocycles. The summed E-state index contributed by atoms with van der Waals surface area (Å²) in [7, 11) is -3.82. The van der Waals surface area contributed by atoms with Gasteiger partial charge in [-0.25, -0.2) is 0 Å². The van der Waals surface area contributed by atoms with Crippen LogP contribution in [0.1, 0.15) is 5.56 Å². The van der Waals surface area contributed by atoms with Crippen molar-refractivity contribution in [1.82, 2.24) is 0 Å². The Labute approximate surface area is 82.6 Å². The molecule has 14 heavy (non-hydrogen) atoms. The van der Waals surface area contributed by atoms with E-state index in [0.717, 1.165) is 11.8 Å². The maximum absolute atomic E-state index is 10.7. The van der Waals surface area contributed by atoms with Crippen molar-refractivity contribution in [2.45, 2.75) is 0 Å². The Morgan fingerprint density at radius 1 is 1.29 bits per heavy atom. The zero-order valence-electron chi connectivity index (χ0n) is 7.33. The molecule has 1 aromatic carbocycles. The van der Waals surface area contributed by atoms with E-state index in [1.165, 1.54) is 6.08 Å². The van der Waals surface area contributed by atoms with Gasteiger partial charge in [-0.3, -0.25) is 0 Å². The van der Waals surface area contributed by atoms with Crippen LogP contribution in [0.2, 0.25) is 0 Å². The summed E-state index contributed by atoms with van der Waals surface area (Å²) in [6, 6.07) is 9.08. The van der Waals surface area contributed by atoms with Crippen molar-refractivity contribution in [1.29, 1.82) is 0 Å². The highest BCUT2D eigenvalue weighted by Gasteiger charge is 2.04. The van der Waals surface area contributed by atoms with Crippen LogP contribution in [-0.2, 0) is 14.3 Å². The van der Waals surface area contributed by atoms with E-state index >= 15 is 0 Å². The van der Waals surface area contributed by atoms with Gasteiger partial charge in [0.1, 0.15) is 6.26 Å². The molecule has 0 aliphatic rings. The molecule has 76 valence electrons. The second-order valence-electron chi connectivity index (χ2n) is 2.50. The lowest BCUT2D eigenvalue weighted by molar-refractivity contribution is 0.329. The molecule has 0 fully saturated rings. The second-order valence-corrected chi connectivity index (χ2v) is 4.06. The van der Waals surface area contributed by atoms with Crippen molar-refractivity contribution < 1.29 is 17.7 Å². The first-order valence-corrected chi connectivity index (χ1v) is 5.45. The Morgan fingerprint density at radius 3 is 2.50 bits per heavy atom. The van der Waals surface area contributed by atoms with Gasteiger partial charge in [-0.15, -0.1) is 0 Å². The number of aliphatic hydroxyl groups is 1. The molecule has 5 heteroatoms. The molecular formula is C9H10O4S. The second kappa shape index (κ2) is 4.78. The molecule has 0 saturated heterocycles. The summed E-state index contributed by atoms with van der Waals surface area (Å²) in [5.74, 6) is -1.02. The van der Waals surface area contributed by atoms with Crippen LogP contribution in [0.4, 0.5) is 0 Å². The predicted octanol–water partition coefficient (Wildman–Crippen LogP) is 0.954. The van der Waals surface area contributed by atoms with Crippen molar-refractivity contribution >= 4 is 16.2 Å². The lowest BCUT2D eigenvalue weighted by atomic mass is 10.2. The van der Waals surface area contributed by atoms with Crippen LogP contribution in [-0.4, -0.2) is 19.5 Å².